The fourth-order valence-corrected chi connectivity index (χ4v) is 4.05. The number of rotatable bonds is 5. The first-order valence-corrected chi connectivity index (χ1v) is 10.4. The Morgan fingerprint density at radius 3 is 2.93 bits per heavy atom. The maximum atomic E-state index is 14.0. The summed E-state index contributed by atoms with van der Waals surface area (Å²) < 4.78 is 20.8. The van der Waals surface area contributed by atoms with Crippen molar-refractivity contribution in [3.05, 3.63) is 63.8 Å². The van der Waals surface area contributed by atoms with Crippen molar-refractivity contribution in [1.82, 2.24) is 20.1 Å². The molecule has 1 saturated heterocycles. The topological polar surface area (TPSA) is 81.1 Å². The van der Waals surface area contributed by atoms with Gasteiger partial charge in [0.25, 0.3) is 5.91 Å². The molecule has 152 valence electrons. The highest BCUT2D eigenvalue weighted by atomic mass is 35.5. The van der Waals surface area contributed by atoms with Crippen molar-refractivity contribution in [1.29, 1.82) is 0 Å². The number of anilines is 2. The molecule has 4 heterocycles. The van der Waals surface area contributed by atoms with Crippen LogP contribution >= 0.6 is 22.9 Å². The normalized spacial score (nSPS) is 13.9. The molecule has 4 aromatic rings. The third kappa shape index (κ3) is 3.51. The van der Waals surface area contributed by atoms with E-state index in [1.165, 1.54) is 17.4 Å². The molecule has 10 heteroatoms. The highest BCUT2D eigenvalue weighted by Crippen LogP contribution is 2.29. The highest BCUT2D eigenvalue weighted by Gasteiger charge is 2.22. The Labute approximate surface area is 179 Å². The Kier molecular flexibility index (Phi) is 4.86. The minimum Gasteiger partial charge on any atom is -0.377 e. The summed E-state index contributed by atoms with van der Waals surface area (Å²) in [5, 5.41) is 13.2. The lowest BCUT2D eigenvalue weighted by molar-refractivity contribution is -0.00338. The lowest BCUT2D eigenvalue weighted by Gasteiger charge is -2.26. The van der Waals surface area contributed by atoms with Gasteiger partial charge in [-0.05, 0) is 24.3 Å². The van der Waals surface area contributed by atoms with Crippen molar-refractivity contribution < 1.29 is 13.9 Å². The first kappa shape index (κ1) is 19.0. The molecule has 30 heavy (non-hydrogen) atoms. The average Bonchev–Trinajstić information content (AvgIpc) is 3.34. The monoisotopic (exact) mass is 443 g/mol. The molecule has 2 N–H and O–H groups in total. The molecule has 1 aliphatic rings. The largest absolute Gasteiger partial charge is 0.377 e. The first-order valence-electron chi connectivity index (χ1n) is 9.11. The van der Waals surface area contributed by atoms with E-state index in [0.717, 1.165) is 11.1 Å². The number of para-hydroxylation sites is 1. The third-order valence-corrected chi connectivity index (χ3v) is 5.90. The van der Waals surface area contributed by atoms with Crippen molar-refractivity contribution in [2.45, 2.75) is 6.04 Å². The number of aromatic nitrogens is 3. The molecule has 1 aromatic carbocycles. The van der Waals surface area contributed by atoms with E-state index in [-0.39, 0.29) is 22.7 Å². The van der Waals surface area contributed by atoms with E-state index in [4.69, 9.17) is 16.3 Å². The molecular formula is C20H15ClFN5O2S. The molecule has 0 aliphatic carbocycles. The van der Waals surface area contributed by atoms with E-state index in [1.807, 2.05) is 11.4 Å². The zero-order valence-electron chi connectivity index (χ0n) is 15.4. The van der Waals surface area contributed by atoms with Gasteiger partial charge in [-0.1, -0.05) is 17.7 Å². The fourth-order valence-electron chi connectivity index (χ4n) is 3.07. The van der Waals surface area contributed by atoms with E-state index < -0.39 is 5.82 Å². The first-order chi connectivity index (χ1) is 14.6. The number of carbonyl (C=O) groups excluding carboxylic acids is 1. The number of ether oxygens (including phenoxy) is 1. The molecule has 7 nitrogen and oxygen atoms in total. The van der Waals surface area contributed by atoms with Gasteiger partial charge in [-0.2, -0.15) is 5.10 Å². The van der Waals surface area contributed by atoms with Crippen LogP contribution in [0.1, 0.15) is 9.67 Å². The van der Waals surface area contributed by atoms with Crippen molar-refractivity contribution >= 4 is 51.3 Å². The minimum atomic E-state index is -0.448. The number of amides is 1. The molecule has 0 bridgehead atoms. The zero-order chi connectivity index (χ0) is 20.7. The SMILES string of the molecule is O=C(NC1COC1)c1cc(-n2ncc3cc(Nc4c(F)cccc4Cl)cnc32)cs1. The summed E-state index contributed by atoms with van der Waals surface area (Å²) in [6, 6.07) is 8.15. The predicted octanol–water partition coefficient (Wildman–Crippen LogP) is 4.15. The van der Waals surface area contributed by atoms with Crippen molar-refractivity contribution in [2.24, 2.45) is 0 Å². The predicted molar refractivity (Wildman–Crippen MR) is 114 cm³/mol. The molecule has 1 aliphatic heterocycles. The average molecular weight is 444 g/mol. The summed E-state index contributed by atoms with van der Waals surface area (Å²) in [5.74, 6) is -0.576. The Morgan fingerprint density at radius 1 is 1.30 bits per heavy atom. The van der Waals surface area contributed by atoms with E-state index >= 15 is 0 Å². The van der Waals surface area contributed by atoms with Gasteiger partial charge in [0, 0.05) is 10.8 Å². The summed E-state index contributed by atoms with van der Waals surface area (Å²) in [5.41, 5.74) is 2.15. The number of hydrogen-bond donors (Lipinski definition) is 2. The lowest BCUT2D eigenvalue weighted by Crippen LogP contribution is -2.48. The van der Waals surface area contributed by atoms with Gasteiger partial charge in [0.15, 0.2) is 5.65 Å². The van der Waals surface area contributed by atoms with Crippen molar-refractivity contribution in [3.8, 4) is 5.69 Å². The van der Waals surface area contributed by atoms with Gasteiger partial charge in [-0.25, -0.2) is 14.1 Å². The Hall–Kier alpha value is -3.01. The molecule has 0 radical (unpaired) electrons. The van der Waals surface area contributed by atoms with Crippen LogP contribution in [0.5, 0.6) is 0 Å². The Morgan fingerprint density at radius 2 is 2.17 bits per heavy atom. The summed E-state index contributed by atoms with van der Waals surface area (Å²) in [6.07, 6.45) is 3.25. The molecule has 5 rings (SSSR count). The maximum absolute atomic E-state index is 14.0. The van der Waals surface area contributed by atoms with Crippen LogP contribution in [0.2, 0.25) is 5.02 Å². The quantitative estimate of drug-likeness (QED) is 0.484. The molecule has 3 aromatic heterocycles. The van der Waals surface area contributed by atoms with Crippen LogP contribution in [-0.4, -0.2) is 39.9 Å². The van der Waals surface area contributed by atoms with Gasteiger partial charge in [0.1, 0.15) is 5.82 Å². The number of thiophene rings is 1. The number of hydrogen-bond acceptors (Lipinski definition) is 6. The third-order valence-electron chi connectivity index (χ3n) is 4.67. The molecule has 0 saturated carbocycles. The number of carbonyl (C=O) groups is 1. The van der Waals surface area contributed by atoms with Gasteiger partial charge in [0.2, 0.25) is 0 Å². The van der Waals surface area contributed by atoms with Crippen LogP contribution in [0, 0.1) is 5.82 Å². The second-order valence-electron chi connectivity index (χ2n) is 6.79. The van der Waals surface area contributed by atoms with Crippen LogP contribution in [0.4, 0.5) is 15.8 Å². The summed E-state index contributed by atoms with van der Waals surface area (Å²) in [7, 11) is 0. The molecule has 1 fully saturated rings. The lowest BCUT2D eigenvalue weighted by atomic mass is 10.2. The Balaban J connectivity index is 1.40. The Bertz CT molecular complexity index is 1230. The summed E-state index contributed by atoms with van der Waals surface area (Å²) >= 11 is 7.42. The van der Waals surface area contributed by atoms with Crippen LogP contribution < -0.4 is 10.6 Å². The van der Waals surface area contributed by atoms with Gasteiger partial charge in [0.05, 0.1) is 58.6 Å². The second-order valence-corrected chi connectivity index (χ2v) is 8.11. The van der Waals surface area contributed by atoms with Crippen molar-refractivity contribution in [3.63, 3.8) is 0 Å². The number of nitrogens with zero attached hydrogens (tertiary/aromatic N) is 3. The van der Waals surface area contributed by atoms with Crippen LogP contribution in [0.15, 0.2) is 48.1 Å². The molecule has 0 spiro atoms. The van der Waals surface area contributed by atoms with Gasteiger partial charge < -0.3 is 15.4 Å². The fraction of sp³-hybridized carbons (Fsp3) is 0.150. The summed E-state index contributed by atoms with van der Waals surface area (Å²) in [4.78, 5) is 17.4. The summed E-state index contributed by atoms with van der Waals surface area (Å²) in [6.45, 7) is 1.10. The zero-order valence-corrected chi connectivity index (χ0v) is 17.0. The molecule has 0 atom stereocenters. The van der Waals surface area contributed by atoms with Gasteiger partial charge >= 0.3 is 0 Å². The maximum Gasteiger partial charge on any atom is 0.261 e. The van der Waals surface area contributed by atoms with Crippen molar-refractivity contribution in [2.75, 3.05) is 18.5 Å². The molecule has 1 amide bonds. The van der Waals surface area contributed by atoms with Gasteiger partial charge in [-0.15, -0.1) is 11.3 Å². The van der Waals surface area contributed by atoms with E-state index in [2.05, 4.69) is 20.7 Å². The van der Waals surface area contributed by atoms with Crippen LogP contribution in [0.3, 0.4) is 0 Å². The van der Waals surface area contributed by atoms with Crippen LogP contribution in [0.25, 0.3) is 16.7 Å². The van der Waals surface area contributed by atoms with E-state index in [9.17, 15) is 9.18 Å². The number of benzene rings is 1. The van der Waals surface area contributed by atoms with E-state index in [1.54, 1.807) is 35.3 Å². The smallest absolute Gasteiger partial charge is 0.261 e. The highest BCUT2D eigenvalue weighted by molar-refractivity contribution is 7.12. The standard InChI is InChI=1S/C20H15ClFN5O2S/c21-15-2-1-3-16(22)18(15)25-12-4-11-6-24-27(19(11)23-7-12)14-5-17(30-10-14)20(28)26-13-8-29-9-13/h1-7,10,13,25H,8-9H2,(H,26,28). The molecule has 0 unspecified atom stereocenters. The number of nitrogens with one attached hydrogen (secondary N) is 2. The minimum absolute atomic E-state index is 0.0733. The number of pyridine rings is 1. The van der Waals surface area contributed by atoms with E-state index in [0.29, 0.717) is 29.4 Å². The second kappa shape index (κ2) is 7.67. The van der Waals surface area contributed by atoms with Crippen LogP contribution in [-0.2, 0) is 4.74 Å². The molecular weight excluding hydrogens is 429 g/mol. The van der Waals surface area contributed by atoms with Gasteiger partial charge in [-0.3, -0.25) is 4.79 Å². The number of halogens is 2. The number of fused-ring (bicyclic) bond motifs is 1.